The molecule has 1 rings (SSSR count). The highest BCUT2D eigenvalue weighted by molar-refractivity contribution is 6.02. The van der Waals surface area contributed by atoms with Gasteiger partial charge < -0.3 is 4.74 Å². The standard InChI is InChI=1S/C14H14O3/c1-5-12(15)17-13(16)10-8-6-7-9-11(10)14(2,3)4/h1,6-9H,2-4H3. The zero-order chi connectivity index (χ0) is 13.1. The lowest BCUT2D eigenvalue weighted by atomic mass is 9.84. The topological polar surface area (TPSA) is 43.4 Å². The second-order valence-electron chi connectivity index (χ2n) is 4.62. The maximum absolute atomic E-state index is 11.7. The van der Waals surface area contributed by atoms with Gasteiger partial charge in [-0.3, -0.25) is 0 Å². The maximum atomic E-state index is 11.7. The van der Waals surface area contributed by atoms with Crippen molar-refractivity contribution in [3.8, 4) is 12.3 Å². The normalized spacial score (nSPS) is 10.5. The summed E-state index contributed by atoms with van der Waals surface area (Å²) in [4.78, 5) is 22.6. The van der Waals surface area contributed by atoms with E-state index in [-0.39, 0.29) is 5.41 Å². The van der Waals surface area contributed by atoms with Crippen LogP contribution < -0.4 is 0 Å². The van der Waals surface area contributed by atoms with Gasteiger partial charge in [0.1, 0.15) is 0 Å². The highest BCUT2D eigenvalue weighted by Crippen LogP contribution is 2.26. The molecule has 0 aliphatic carbocycles. The first-order chi connectivity index (χ1) is 7.86. The molecule has 0 spiro atoms. The molecule has 0 atom stereocenters. The number of hydrogen-bond donors (Lipinski definition) is 0. The van der Waals surface area contributed by atoms with Crippen molar-refractivity contribution in [2.75, 3.05) is 0 Å². The van der Waals surface area contributed by atoms with Crippen LogP contribution in [0.15, 0.2) is 24.3 Å². The third-order valence-corrected chi connectivity index (χ3v) is 2.26. The number of hydrogen-bond acceptors (Lipinski definition) is 3. The van der Waals surface area contributed by atoms with E-state index in [2.05, 4.69) is 4.74 Å². The molecule has 3 nitrogen and oxygen atoms in total. The molecule has 0 saturated carbocycles. The van der Waals surface area contributed by atoms with Gasteiger partial charge in [-0.2, -0.15) is 0 Å². The number of ether oxygens (including phenoxy) is 1. The fourth-order valence-electron chi connectivity index (χ4n) is 1.48. The van der Waals surface area contributed by atoms with Crippen LogP contribution in [0.3, 0.4) is 0 Å². The van der Waals surface area contributed by atoms with E-state index >= 15 is 0 Å². The molecule has 0 aliphatic rings. The molecule has 0 amide bonds. The Labute approximate surface area is 101 Å². The van der Waals surface area contributed by atoms with Gasteiger partial charge in [0.2, 0.25) is 0 Å². The highest BCUT2D eigenvalue weighted by atomic mass is 16.6. The van der Waals surface area contributed by atoms with E-state index in [1.54, 1.807) is 18.1 Å². The molecule has 0 unspecified atom stereocenters. The lowest BCUT2D eigenvalue weighted by Crippen LogP contribution is -2.19. The van der Waals surface area contributed by atoms with Gasteiger partial charge in [-0.25, -0.2) is 9.59 Å². The van der Waals surface area contributed by atoms with Gasteiger partial charge in [-0.1, -0.05) is 39.0 Å². The Bertz CT molecular complexity index is 487. The van der Waals surface area contributed by atoms with Gasteiger partial charge in [0.15, 0.2) is 0 Å². The van der Waals surface area contributed by atoms with Crippen molar-refractivity contribution in [1.82, 2.24) is 0 Å². The number of benzene rings is 1. The van der Waals surface area contributed by atoms with Gasteiger partial charge in [-0.05, 0) is 17.0 Å². The molecule has 1 aromatic carbocycles. The van der Waals surface area contributed by atoms with E-state index < -0.39 is 11.9 Å². The zero-order valence-electron chi connectivity index (χ0n) is 10.1. The van der Waals surface area contributed by atoms with Crippen molar-refractivity contribution >= 4 is 11.9 Å². The summed E-state index contributed by atoms with van der Waals surface area (Å²) in [7, 11) is 0. The number of esters is 2. The van der Waals surface area contributed by atoms with E-state index in [9.17, 15) is 9.59 Å². The van der Waals surface area contributed by atoms with Gasteiger partial charge in [0.05, 0.1) is 5.56 Å². The van der Waals surface area contributed by atoms with Gasteiger partial charge in [0, 0.05) is 5.92 Å². The summed E-state index contributed by atoms with van der Waals surface area (Å²) in [5.41, 5.74) is 0.966. The van der Waals surface area contributed by atoms with Gasteiger partial charge in [0.25, 0.3) is 0 Å². The summed E-state index contributed by atoms with van der Waals surface area (Å²) in [6.07, 6.45) is 4.85. The molecular weight excluding hydrogens is 216 g/mol. The predicted molar refractivity (Wildman–Crippen MR) is 64.4 cm³/mol. The Hall–Kier alpha value is -2.08. The minimum absolute atomic E-state index is 0.213. The van der Waals surface area contributed by atoms with Crippen LogP contribution in [-0.4, -0.2) is 11.9 Å². The van der Waals surface area contributed by atoms with Crippen LogP contribution >= 0.6 is 0 Å². The molecule has 3 heteroatoms. The smallest absolute Gasteiger partial charge is 0.379 e. The molecule has 17 heavy (non-hydrogen) atoms. The maximum Gasteiger partial charge on any atom is 0.391 e. The average Bonchev–Trinajstić information content (AvgIpc) is 2.27. The number of rotatable bonds is 1. The van der Waals surface area contributed by atoms with Crippen LogP contribution in [0.25, 0.3) is 0 Å². The van der Waals surface area contributed by atoms with Crippen LogP contribution in [0.2, 0.25) is 0 Å². The second kappa shape index (κ2) is 4.84. The fourth-order valence-corrected chi connectivity index (χ4v) is 1.48. The largest absolute Gasteiger partial charge is 0.391 e. The molecular formula is C14H14O3. The Morgan fingerprint density at radius 3 is 2.35 bits per heavy atom. The first kappa shape index (κ1) is 13.0. The SMILES string of the molecule is C#CC(=O)OC(=O)c1ccccc1C(C)(C)C. The van der Waals surface area contributed by atoms with Crippen molar-refractivity contribution in [1.29, 1.82) is 0 Å². The van der Waals surface area contributed by atoms with Crippen molar-refractivity contribution in [3.63, 3.8) is 0 Å². The number of carbonyl (C=O) groups is 2. The van der Waals surface area contributed by atoms with Crippen molar-refractivity contribution in [2.24, 2.45) is 0 Å². The summed E-state index contributed by atoms with van der Waals surface area (Å²) in [6.45, 7) is 5.92. The lowest BCUT2D eigenvalue weighted by Gasteiger charge is -2.21. The summed E-state index contributed by atoms with van der Waals surface area (Å²) in [5, 5.41) is 0. The van der Waals surface area contributed by atoms with Crippen molar-refractivity contribution in [2.45, 2.75) is 26.2 Å². The summed E-state index contributed by atoms with van der Waals surface area (Å²) >= 11 is 0. The molecule has 0 fully saturated rings. The van der Waals surface area contributed by atoms with Crippen LogP contribution in [-0.2, 0) is 14.9 Å². The second-order valence-corrected chi connectivity index (χ2v) is 4.62. The van der Waals surface area contributed by atoms with Crippen LogP contribution in [0.5, 0.6) is 0 Å². The highest BCUT2D eigenvalue weighted by Gasteiger charge is 2.22. The van der Waals surface area contributed by atoms with Crippen molar-refractivity contribution in [3.05, 3.63) is 35.4 Å². The van der Waals surface area contributed by atoms with Crippen LogP contribution in [0.4, 0.5) is 0 Å². The Morgan fingerprint density at radius 1 is 1.24 bits per heavy atom. The minimum Gasteiger partial charge on any atom is -0.379 e. The number of terminal acetylenes is 1. The molecule has 0 N–H and O–H groups in total. The Morgan fingerprint density at radius 2 is 1.82 bits per heavy atom. The van der Waals surface area contributed by atoms with E-state index in [1.807, 2.05) is 32.9 Å². The van der Waals surface area contributed by atoms with Gasteiger partial charge in [-0.15, -0.1) is 6.42 Å². The third-order valence-electron chi connectivity index (χ3n) is 2.26. The van der Waals surface area contributed by atoms with Crippen LogP contribution in [0.1, 0.15) is 36.7 Å². The minimum atomic E-state index is -0.973. The number of carbonyl (C=O) groups excluding carboxylic acids is 2. The Balaban J connectivity index is 3.11. The molecule has 0 radical (unpaired) electrons. The van der Waals surface area contributed by atoms with E-state index in [1.165, 1.54) is 0 Å². The first-order valence-electron chi connectivity index (χ1n) is 5.18. The molecule has 0 aliphatic heterocycles. The van der Waals surface area contributed by atoms with Crippen LogP contribution in [0, 0.1) is 12.3 Å². The summed E-state index contributed by atoms with van der Waals surface area (Å²) in [5.74, 6) is 0.0587. The Kier molecular flexibility index (Phi) is 3.69. The van der Waals surface area contributed by atoms with Gasteiger partial charge >= 0.3 is 11.9 Å². The molecule has 1 aromatic rings. The molecule has 0 saturated heterocycles. The fraction of sp³-hybridized carbons (Fsp3) is 0.286. The molecule has 0 aromatic heterocycles. The average molecular weight is 230 g/mol. The summed E-state index contributed by atoms with van der Waals surface area (Å²) < 4.78 is 4.51. The third kappa shape index (κ3) is 3.18. The summed E-state index contributed by atoms with van der Waals surface area (Å²) in [6, 6.07) is 7.00. The lowest BCUT2D eigenvalue weighted by molar-refractivity contribution is -0.131. The first-order valence-corrected chi connectivity index (χ1v) is 5.18. The van der Waals surface area contributed by atoms with E-state index in [0.717, 1.165) is 5.56 Å². The van der Waals surface area contributed by atoms with Crippen molar-refractivity contribution < 1.29 is 14.3 Å². The quantitative estimate of drug-likeness (QED) is 0.322. The molecule has 0 heterocycles. The molecule has 0 bridgehead atoms. The van der Waals surface area contributed by atoms with E-state index in [0.29, 0.717) is 5.56 Å². The predicted octanol–water partition coefficient (Wildman–Crippen LogP) is 2.30. The molecule has 88 valence electrons. The van der Waals surface area contributed by atoms with E-state index in [4.69, 9.17) is 6.42 Å². The monoisotopic (exact) mass is 230 g/mol. The zero-order valence-corrected chi connectivity index (χ0v) is 10.1.